The number of rotatable bonds is 7. The van der Waals surface area contributed by atoms with Gasteiger partial charge in [0.1, 0.15) is 0 Å². The average molecular weight is 289 g/mol. The molecule has 1 aromatic carbocycles. The number of carbonyl (C=O) groups is 1. The normalized spacial score (nSPS) is 16.3. The zero-order valence-corrected chi connectivity index (χ0v) is 13.5. The van der Waals surface area contributed by atoms with Crippen molar-refractivity contribution in [1.29, 1.82) is 0 Å². The van der Waals surface area contributed by atoms with E-state index in [1.54, 1.807) is 0 Å². The quantitative estimate of drug-likeness (QED) is 0.837. The van der Waals surface area contributed by atoms with Crippen LogP contribution in [0.5, 0.6) is 0 Å². The molecule has 0 aliphatic heterocycles. The number of benzene rings is 1. The van der Waals surface area contributed by atoms with E-state index in [4.69, 9.17) is 4.74 Å². The summed E-state index contributed by atoms with van der Waals surface area (Å²) in [5.74, 6) is 0.114. The Balaban J connectivity index is 1.84. The summed E-state index contributed by atoms with van der Waals surface area (Å²) in [5, 5.41) is 3.10. The molecule has 21 heavy (non-hydrogen) atoms. The lowest BCUT2D eigenvalue weighted by Crippen LogP contribution is -2.45. The Morgan fingerprint density at radius 3 is 2.43 bits per heavy atom. The molecule has 1 fully saturated rings. The third-order valence-corrected chi connectivity index (χ3v) is 4.33. The zero-order chi connectivity index (χ0) is 15.3. The molecule has 1 aliphatic carbocycles. The lowest BCUT2D eigenvalue weighted by molar-refractivity contribution is -0.121. The van der Waals surface area contributed by atoms with E-state index < -0.39 is 0 Å². The highest BCUT2D eigenvalue weighted by Crippen LogP contribution is 2.40. The van der Waals surface area contributed by atoms with Crippen molar-refractivity contribution in [2.24, 2.45) is 5.41 Å². The molecule has 1 N–H and O–H groups in total. The van der Waals surface area contributed by atoms with E-state index in [0.29, 0.717) is 6.42 Å². The summed E-state index contributed by atoms with van der Waals surface area (Å²) >= 11 is 0. The highest BCUT2D eigenvalue weighted by molar-refractivity contribution is 5.78. The highest BCUT2D eigenvalue weighted by Gasteiger charge is 2.37. The molecule has 0 aromatic heterocycles. The van der Waals surface area contributed by atoms with E-state index in [2.05, 4.69) is 37.4 Å². The van der Waals surface area contributed by atoms with Gasteiger partial charge in [-0.2, -0.15) is 0 Å². The first-order valence-corrected chi connectivity index (χ1v) is 7.95. The van der Waals surface area contributed by atoms with Gasteiger partial charge in [0.25, 0.3) is 0 Å². The highest BCUT2D eigenvalue weighted by atomic mass is 16.5. The monoisotopic (exact) mass is 289 g/mol. The van der Waals surface area contributed by atoms with Crippen LogP contribution in [0.4, 0.5) is 0 Å². The van der Waals surface area contributed by atoms with Crippen LogP contribution in [0, 0.1) is 19.3 Å². The van der Waals surface area contributed by atoms with Gasteiger partial charge in [-0.15, -0.1) is 0 Å². The smallest absolute Gasteiger partial charge is 0.224 e. The van der Waals surface area contributed by atoms with Crippen LogP contribution >= 0.6 is 0 Å². The fourth-order valence-corrected chi connectivity index (χ4v) is 3.07. The van der Waals surface area contributed by atoms with Crippen molar-refractivity contribution in [1.82, 2.24) is 5.32 Å². The molecular formula is C18H27NO2. The zero-order valence-electron chi connectivity index (χ0n) is 13.5. The summed E-state index contributed by atoms with van der Waals surface area (Å²) < 4.78 is 5.57. The van der Waals surface area contributed by atoms with Crippen molar-refractivity contribution in [2.75, 3.05) is 19.8 Å². The van der Waals surface area contributed by atoms with Crippen molar-refractivity contribution >= 4 is 5.91 Å². The first-order valence-electron chi connectivity index (χ1n) is 7.95. The number of hydrogen-bond donors (Lipinski definition) is 1. The van der Waals surface area contributed by atoms with E-state index in [0.717, 1.165) is 38.2 Å². The molecule has 0 radical (unpaired) electrons. The average Bonchev–Trinajstić information content (AvgIpc) is 2.36. The first-order chi connectivity index (χ1) is 10.0. The Morgan fingerprint density at radius 2 is 1.90 bits per heavy atom. The van der Waals surface area contributed by atoms with Crippen LogP contribution in [0.3, 0.4) is 0 Å². The van der Waals surface area contributed by atoms with Crippen LogP contribution in [-0.2, 0) is 16.0 Å². The van der Waals surface area contributed by atoms with Crippen LogP contribution < -0.4 is 5.32 Å². The van der Waals surface area contributed by atoms with Crippen molar-refractivity contribution in [3.63, 3.8) is 0 Å². The molecule has 0 bridgehead atoms. The van der Waals surface area contributed by atoms with Crippen molar-refractivity contribution < 1.29 is 9.53 Å². The van der Waals surface area contributed by atoms with Gasteiger partial charge in [-0.05, 0) is 39.2 Å². The predicted octanol–water partition coefficient (Wildman–Crippen LogP) is 3.17. The molecule has 0 saturated heterocycles. The summed E-state index contributed by atoms with van der Waals surface area (Å²) in [6.07, 6.45) is 4.04. The second-order valence-electron chi connectivity index (χ2n) is 6.44. The van der Waals surface area contributed by atoms with E-state index in [9.17, 15) is 4.79 Å². The second kappa shape index (κ2) is 7.08. The lowest BCUT2D eigenvalue weighted by Gasteiger charge is -2.41. The van der Waals surface area contributed by atoms with Crippen molar-refractivity contribution in [3.05, 3.63) is 34.9 Å². The Kier molecular flexibility index (Phi) is 5.40. The molecule has 0 atom stereocenters. The van der Waals surface area contributed by atoms with Gasteiger partial charge in [-0.3, -0.25) is 4.79 Å². The van der Waals surface area contributed by atoms with Crippen LogP contribution in [0.2, 0.25) is 0 Å². The van der Waals surface area contributed by atoms with Crippen LogP contribution in [0.15, 0.2) is 18.2 Å². The van der Waals surface area contributed by atoms with Gasteiger partial charge < -0.3 is 10.1 Å². The van der Waals surface area contributed by atoms with Crippen LogP contribution in [0.1, 0.15) is 42.9 Å². The summed E-state index contributed by atoms with van der Waals surface area (Å²) in [7, 11) is 0. The Labute approximate surface area is 128 Å². The number of nitrogens with one attached hydrogen (secondary N) is 1. The van der Waals surface area contributed by atoms with Gasteiger partial charge in [0.2, 0.25) is 5.91 Å². The fourth-order valence-electron chi connectivity index (χ4n) is 3.07. The Bertz CT molecular complexity index is 472. The SMILES string of the molecule is CCOCC1(CNC(=O)Cc2cc(C)cc(C)c2)CCC1. The molecule has 1 saturated carbocycles. The van der Waals surface area contributed by atoms with Crippen LogP contribution in [-0.4, -0.2) is 25.7 Å². The topological polar surface area (TPSA) is 38.3 Å². The van der Waals surface area contributed by atoms with E-state index in [1.807, 2.05) is 6.92 Å². The first kappa shape index (κ1) is 16.0. The third-order valence-electron chi connectivity index (χ3n) is 4.33. The molecule has 1 aromatic rings. The number of amides is 1. The molecule has 3 nitrogen and oxygen atoms in total. The lowest BCUT2D eigenvalue weighted by atomic mass is 9.69. The van der Waals surface area contributed by atoms with Gasteiger partial charge in [0, 0.05) is 18.6 Å². The van der Waals surface area contributed by atoms with E-state index in [1.165, 1.54) is 17.5 Å². The Hall–Kier alpha value is -1.35. The number of carbonyl (C=O) groups excluding carboxylic acids is 1. The number of ether oxygens (including phenoxy) is 1. The third kappa shape index (κ3) is 4.57. The van der Waals surface area contributed by atoms with Crippen molar-refractivity contribution in [3.8, 4) is 0 Å². The van der Waals surface area contributed by atoms with Gasteiger partial charge in [0.15, 0.2) is 0 Å². The minimum atomic E-state index is 0.114. The minimum absolute atomic E-state index is 0.114. The minimum Gasteiger partial charge on any atom is -0.381 e. The largest absolute Gasteiger partial charge is 0.381 e. The number of hydrogen-bond acceptors (Lipinski definition) is 2. The maximum Gasteiger partial charge on any atom is 0.224 e. The Morgan fingerprint density at radius 1 is 1.24 bits per heavy atom. The summed E-state index contributed by atoms with van der Waals surface area (Å²) in [5.41, 5.74) is 3.71. The van der Waals surface area contributed by atoms with Gasteiger partial charge in [0.05, 0.1) is 13.0 Å². The van der Waals surface area contributed by atoms with E-state index in [-0.39, 0.29) is 11.3 Å². The van der Waals surface area contributed by atoms with Gasteiger partial charge >= 0.3 is 0 Å². The fraction of sp³-hybridized carbons (Fsp3) is 0.611. The predicted molar refractivity (Wildman–Crippen MR) is 85.4 cm³/mol. The van der Waals surface area contributed by atoms with Gasteiger partial charge in [-0.25, -0.2) is 0 Å². The molecule has 1 amide bonds. The maximum absolute atomic E-state index is 12.1. The molecule has 0 heterocycles. The van der Waals surface area contributed by atoms with Crippen molar-refractivity contribution in [2.45, 2.75) is 46.5 Å². The molecule has 2 rings (SSSR count). The molecular weight excluding hydrogens is 262 g/mol. The molecule has 0 spiro atoms. The molecule has 116 valence electrons. The summed E-state index contributed by atoms with van der Waals surface area (Å²) in [6, 6.07) is 6.31. The maximum atomic E-state index is 12.1. The van der Waals surface area contributed by atoms with Crippen LogP contribution in [0.25, 0.3) is 0 Å². The molecule has 0 unspecified atom stereocenters. The van der Waals surface area contributed by atoms with Gasteiger partial charge in [-0.1, -0.05) is 35.7 Å². The second-order valence-corrected chi connectivity index (χ2v) is 6.44. The summed E-state index contributed by atoms with van der Waals surface area (Å²) in [6.45, 7) is 8.42. The van der Waals surface area contributed by atoms with E-state index >= 15 is 0 Å². The summed E-state index contributed by atoms with van der Waals surface area (Å²) in [4.78, 5) is 12.1. The molecule has 1 aliphatic rings. The molecule has 3 heteroatoms. The standard InChI is InChI=1S/C18H27NO2/c1-4-21-13-18(6-5-7-18)12-19-17(20)11-16-9-14(2)8-15(3)10-16/h8-10H,4-7,11-13H2,1-3H3,(H,19,20). The number of aryl methyl sites for hydroxylation is 2.